The van der Waals surface area contributed by atoms with Crippen LogP contribution in [0.4, 0.5) is 5.82 Å². The largest absolute Gasteiger partial charge is 0.352 e. The van der Waals surface area contributed by atoms with E-state index in [1.54, 1.807) is 17.5 Å². The van der Waals surface area contributed by atoms with Crippen LogP contribution in [0.5, 0.6) is 0 Å². The minimum absolute atomic E-state index is 0.167. The van der Waals surface area contributed by atoms with Crippen LogP contribution in [0.2, 0.25) is 0 Å². The van der Waals surface area contributed by atoms with E-state index in [1.165, 1.54) is 6.07 Å². The first-order valence-electron chi connectivity index (χ1n) is 9.45. The molecule has 0 saturated carbocycles. The van der Waals surface area contributed by atoms with Gasteiger partial charge < -0.3 is 9.80 Å². The summed E-state index contributed by atoms with van der Waals surface area (Å²) in [5.41, 5.74) is 1.49. The average molecular weight is 428 g/mol. The van der Waals surface area contributed by atoms with Crippen molar-refractivity contribution >= 4 is 38.0 Å². The molecule has 3 heterocycles. The van der Waals surface area contributed by atoms with Gasteiger partial charge >= 0.3 is 0 Å². The second-order valence-corrected chi connectivity index (χ2v) is 10.0. The van der Waals surface area contributed by atoms with E-state index in [2.05, 4.69) is 21.7 Å². The van der Waals surface area contributed by atoms with E-state index in [0.29, 0.717) is 29.9 Å². The third kappa shape index (κ3) is 3.71. The van der Waals surface area contributed by atoms with Gasteiger partial charge in [-0.15, -0.1) is 11.3 Å². The van der Waals surface area contributed by atoms with Crippen molar-refractivity contribution in [1.82, 2.24) is 14.9 Å². The number of hydrogen-bond acceptors (Lipinski definition) is 8. The number of rotatable bonds is 5. The monoisotopic (exact) mass is 427 g/mol. The van der Waals surface area contributed by atoms with Crippen molar-refractivity contribution in [3.8, 4) is 6.07 Å². The fourth-order valence-corrected chi connectivity index (χ4v) is 6.04. The van der Waals surface area contributed by atoms with Gasteiger partial charge in [0.15, 0.2) is 11.1 Å². The zero-order valence-corrected chi connectivity index (χ0v) is 17.7. The number of sulfone groups is 1. The van der Waals surface area contributed by atoms with E-state index in [-0.39, 0.29) is 9.90 Å². The van der Waals surface area contributed by atoms with Gasteiger partial charge in [-0.3, -0.25) is 0 Å². The van der Waals surface area contributed by atoms with Crippen molar-refractivity contribution < 1.29 is 8.42 Å². The normalized spacial score (nSPS) is 16.6. The van der Waals surface area contributed by atoms with Crippen molar-refractivity contribution in [1.29, 1.82) is 5.26 Å². The van der Waals surface area contributed by atoms with Gasteiger partial charge in [-0.05, 0) is 30.1 Å². The summed E-state index contributed by atoms with van der Waals surface area (Å²) in [4.78, 5) is 13.7. The number of benzene rings is 1. The second-order valence-electron chi connectivity index (χ2n) is 6.83. The predicted octanol–water partition coefficient (Wildman–Crippen LogP) is 2.87. The molecule has 7 nitrogen and oxygen atoms in total. The molecule has 0 aliphatic carbocycles. The number of nitrogens with zero attached hydrogens (tertiary/aromatic N) is 5. The number of fused-ring (bicyclic) bond motifs is 1. The maximum Gasteiger partial charge on any atom is 0.209 e. The van der Waals surface area contributed by atoms with Gasteiger partial charge in [0.05, 0.1) is 17.1 Å². The Kier molecular flexibility index (Phi) is 5.50. The van der Waals surface area contributed by atoms with E-state index < -0.39 is 15.1 Å². The van der Waals surface area contributed by atoms with Crippen LogP contribution in [-0.4, -0.2) is 56.0 Å². The number of likely N-dealkylation sites (N-methyl/N-ethyl adjacent to an activating group) is 1. The molecule has 1 aromatic carbocycles. The van der Waals surface area contributed by atoms with Crippen LogP contribution in [0.3, 0.4) is 0 Å². The third-order valence-corrected chi connectivity index (χ3v) is 8.44. The minimum atomic E-state index is -3.89. The highest BCUT2D eigenvalue weighted by molar-refractivity contribution is 7.93. The van der Waals surface area contributed by atoms with Gasteiger partial charge in [-0.25, -0.2) is 18.4 Å². The van der Waals surface area contributed by atoms with Gasteiger partial charge in [0.25, 0.3) is 0 Å². The molecule has 150 valence electrons. The third-order valence-electron chi connectivity index (χ3n) is 5.15. The van der Waals surface area contributed by atoms with E-state index in [1.807, 2.05) is 24.3 Å². The molecule has 0 amide bonds. The fraction of sp³-hybridized carbons (Fsp3) is 0.350. The number of piperazine rings is 1. The van der Waals surface area contributed by atoms with E-state index >= 15 is 0 Å². The molecule has 3 aromatic rings. The fourth-order valence-electron chi connectivity index (χ4n) is 3.51. The van der Waals surface area contributed by atoms with Crippen LogP contribution < -0.4 is 4.90 Å². The summed E-state index contributed by atoms with van der Waals surface area (Å²) in [6, 6.07) is 12.5. The summed E-state index contributed by atoms with van der Waals surface area (Å²) in [5.74, 6) is 0.492. The van der Waals surface area contributed by atoms with Gasteiger partial charge in [0, 0.05) is 26.2 Å². The molecule has 0 unspecified atom stereocenters. The van der Waals surface area contributed by atoms with Crippen LogP contribution in [-0.2, 0) is 9.84 Å². The van der Waals surface area contributed by atoms with E-state index in [0.717, 1.165) is 31.0 Å². The molecule has 1 atom stereocenters. The molecule has 0 radical (unpaired) electrons. The summed E-state index contributed by atoms with van der Waals surface area (Å²) >= 11 is 1.11. The van der Waals surface area contributed by atoms with Crippen molar-refractivity contribution in [3.05, 3.63) is 47.5 Å². The Morgan fingerprint density at radius 1 is 1.10 bits per heavy atom. The Hall–Kier alpha value is -2.54. The molecule has 0 N–H and O–H groups in total. The van der Waals surface area contributed by atoms with Crippen molar-refractivity contribution in [2.24, 2.45) is 0 Å². The molecule has 0 bridgehead atoms. The van der Waals surface area contributed by atoms with Crippen LogP contribution >= 0.6 is 11.3 Å². The summed E-state index contributed by atoms with van der Waals surface area (Å²) < 4.78 is 26.5. The molecule has 9 heteroatoms. The highest BCUT2D eigenvalue weighted by Gasteiger charge is 2.36. The Bertz CT molecular complexity index is 1150. The lowest BCUT2D eigenvalue weighted by molar-refractivity contribution is 0.270. The Morgan fingerprint density at radius 2 is 1.79 bits per heavy atom. The van der Waals surface area contributed by atoms with Gasteiger partial charge in [0.2, 0.25) is 9.84 Å². The van der Waals surface area contributed by atoms with Crippen LogP contribution in [0.25, 0.3) is 11.0 Å². The summed E-state index contributed by atoms with van der Waals surface area (Å²) in [6.07, 6.45) is 0. The minimum Gasteiger partial charge on any atom is -0.352 e. The average Bonchev–Trinajstić information content (AvgIpc) is 3.30. The topological polar surface area (TPSA) is 90.2 Å². The molecule has 1 saturated heterocycles. The highest BCUT2D eigenvalue weighted by Crippen LogP contribution is 2.35. The maximum absolute atomic E-state index is 13.2. The Labute approximate surface area is 174 Å². The molecular weight excluding hydrogens is 406 g/mol. The SMILES string of the molecule is CCN1CCN(c2nc3ccccc3nc2[C@H](C#N)S(=O)(=O)c2cccs2)CC1. The summed E-state index contributed by atoms with van der Waals surface area (Å²) in [7, 11) is -3.89. The molecule has 1 aliphatic heterocycles. The Morgan fingerprint density at radius 3 is 2.38 bits per heavy atom. The number of para-hydroxylation sites is 2. The first-order chi connectivity index (χ1) is 14.0. The first-order valence-corrected chi connectivity index (χ1v) is 11.9. The molecule has 0 spiro atoms. The molecule has 1 aliphatic rings. The Balaban J connectivity index is 1.85. The second kappa shape index (κ2) is 8.06. The zero-order chi connectivity index (χ0) is 20.4. The van der Waals surface area contributed by atoms with Crippen LogP contribution in [0, 0.1) is 11.3 Å². The molecular formula is C20H21N5O2S2. The highest BCUT2D eigenvalue weighted by atomic mass is 32.2. The van der Waals surface area contributed by atoms with Crippen LogP contribution in [0.1, 0.15) is 17.9 Å². The number of nitriles is 1. The number of hydrogen-bond donors (Lipinski definition) is 0. The molecule has 2 aromatic heterocycles. The standard InChI is InChI=1S/C20H21N5O2S2/c1-2-24-9-11-25(12-10-24)20-19(22-15-6-3-4-7-16(15)23-20)17(14-21)29(26,27)18-8-5-13-28-18/h3-8,13,17H,2,9-12H2,1H3/t17-/m0/s1. The molecule has 4 rings (SSSR count). The quantitative estimate of drug-likeness (QED) is 0.618. The lowest BCUT2D eigenvalue weighted by atomic mass is 10.2. The predicted molar refractivity (Wildman–Crippen MR) is 114 cm³/mol. The number of anilines is 1. The maximum atomic E-state index is 13.2. The lowest BCUT2D eigenvalue weighted by Crippen LogP contribution is -2.47. The summed E-state index contributed by atoms with van der Waals surface area (Å²) in [5, 5.41) is 10.2. The van der Waals surface area contributed by atoms with E-state index in [9.17, 15) is 13.7 Å². The van der Waals surface area contributed by atoms with Crippen molar-refractivity contribution in [2.45, 2.75) is 16.4 Å². The van der Waals surface area contributed by atoms with Crippen LogP contribution in [0.15, 0.2) is 46.0 Å². The van der Waals surface area contributed by atoms with Crippen molar-refractivity contribution in [3.63, 3.8) is 0 Å². The zero-order valence-electron chi connectivity index (χ0n) is 16.0. The van der Waals surface area contributed by atoms with Gasteiger partial charge in [-0.1, -0.05) is 25.1 Å². The van der Waals surface area contributed by atoms with Crippen molar-refractivity contribution in [2.75, 3.05) is 37.6 Å². The molecule has 29 heavy (non-hydrogen) atoms. The smallest absolute Gasteiger partial charge is 0.209 e. The van der Waals surface area contributed by atoms with Gasteiger partial charge in [0.1, 0.15) is 9.90 Å². The van der Waals surface area contributed by atoms with E-state index in [4.69, 9.17) is 4.98 Å². The number of thiophene rings is 1. The molecule has 1 fully saturated rings. The summed E-state index contributed by atoms with van der Waals surface area (Å²) in [6.45, 7) is 6.24. The number of aromatic nitrogens is 2. The van der Waals surface area contributed by atoms with Gasteiger partial charge in [-0.2, -0.15) is 5.26 Å². The lowest BCUT2D eigenvalue weighted by Gasteiger charge is -2.35. The first kappa shape index (κ1) is 19.8.